The Morgan fingerprint density at radius 3 is 2.56 bits per heavy atom. The van der Waals surface area contributed by atoms with Gasteiger partial charge in [-0.3, -0.25) is 9.59 Å². The van der Waals surface area contributed by atoms with Crippen molar-refractivity contribution in [2.75, 3.05) is 0 Å². The number of ether oxygens (including phenoxy) is 1. The highest BCUT2D eigenvalue weighted by Crippen LogP contribution is 2.37. The maximum absolute atomic E-state index is 13.0. The Balaban J connectivity index is 0.00000256. The molecule has 7 nitrogen and oxygen atoms in total. The van der Waals surface area contributed by atoms with Crippen molar-refractivity contribution in [1.82, 2.24) is 10.2 Å². The van der Waals surface area contributed by atoms with Crippen LogP contribution in [0.4, 0.5) is 13.2 Å². The fraction of sp³-hybridized carbons (Fsp3) is 0.400. The number of aromatic nitrogens is 2. The lowest BCUT2D eigenvalue weighted by Crippen LogP contribution is -2.36. The van der Waals surface area contributed by atoms with E-state index in [-0.39, 0.29) is 42.0 Å². The summed E-state index contributed by atoms with van der Waals surface area (Å²) in [5, 5.41) is 17.0. The molecule has 2 aromatic rings. The number of esters is 1. The predicted octanol–water partition coefficient (Wildman–Crippen LogP) is 3.97. The number of hydrogen-bond acceptors (Lipinski definition) is 6. The monoisotopic (exact) mass is 495 g/mol. The molecule has 3 rings (SSSR count). The van der Waals surface area contributed by atoms with Crippen molar-refractivity contribution in [3.63, 3.8) is 0 Å². The van der Waals surface area contributed by atoms with E-state index in [1.54, 1.807) is 6.07 Å². The Labute approximate surface area is 194 Å². The largest absolute Gasteiger partial charge is 0.481 e. The van der Waals surface area contributed by atoms with Gasteiger partial charge in [0.25, 0.3) is 0 Å². The third-order valence-corrected chi connectivity index (χ3v) is 4.85. The molecule has 0 radical (unpaired) electrons. The third kappa shape index (κ3) is 6.54. The van der Waals surface area contributed by atoms with Crippen LogP contribution >= 0.6 is 24.8 Å². The van der Waals surface area contributed by atoms with E-state index in [4.69, 9.17) is 15.6 Å². The molecular formula is C20H22Cl2F3N3O4. The fourth-order valence-corrected chi connectivity index (χ4v) is 3.38. The standard InChI is InChI=1S/C20H20F3N3O4.2ClH/c1-10-5-16-13(17(6-10)30-19(29)14(24)9-18(27)28)8-15(25-26-16)11-3-2-4-12(7-11)20(21,22)23;;/h2-4,7-8,10,14,17H,5-6,9,24H2,1H3,(H,27,28);2*1H. The smallest absolute Gasteiger partial charge is 0.416 e. The van der Waals surface area contributed by atoms with Gasteiger partial charge in [0.1, 0.15) is 12.1 Å². The minimum atomic E-state index is -4.49. The average molecular weight is 496 g/mol. The minimum Gasteiger partial charge on any atom is -0.481 e. The number of alkyl halides is 3. The van der Waals surface area contributed by atoms with Crippen LogP contribution in [-0.2, 0) is 26.9 Å². The first-order valence-electron chi connectivity index (χ1n) is 9.26. The molecular weight excluding hydrogens is 474 g/mol. The number of nitrogens with two attached hydrogens (primary N) is 1. The lowest BCUT2D eigenvalue weighted by Gasteiger charge is -2.29. The summed E-state index contributed by atoms with van der Waals surface area (Å²) in [7, 11) is 0. The molecule has 32 heavy (non-hydrogen) atoms. The van der Waals surface area contributed by atoms with Crippen LogP contribution in [-0.4, -0.2) is 33.3 Å². The van der Waals surface area contributed by atoms with E-state index in [2.05, 4.69) is 10.2 Å². The van der Waals surface area contributed by atoms with Crippen molar-refractivity contribution in [3.05, 3.63) is 47.2 Å². The second-order valence-corrected chi connectivity index (χ2v) is 7.39. The van der Waals surface area contributed by atoms with E-state index in [0.717, 1.165) is 12.1 Å². The molecule has 3 unspecified atom stereocenters. The number of carboxylic acids is 1. The van der Waals surface area contributed by atoms with Crippen LogP contribution < -0.4 is 5.73 Å². The van der Waals surface area contributed by atoms with Crippen LogP contribution in [0.2, 0.25) is 0 Å². The first kappa shape index (κ1) is 27.6. The summed E-state index contributed by atoms with van der Waals surface area (Å²) in [6.45, 7) is 1.93. The van der Waals surface area contributed by atoms with Crippen molar-refractivity contribution in [2.45, 2.75) is 44.5 Å². The molecule has 1 aliphatic carbocycles. The summed E-state index contributed by atoms with van der Waals surface area (Å²) < 4.78 is 44.5. The Bertz CT molecular complexity index is 975. The Kier molecular flexibility index (Phi) is 9.43. The van der Waals surface area contributed by atoms with Gasteiger partial charge in [0.2, 0.25) is 0 Å². The summed E-state index contributed by atoms with van der Waals surface area (Å²) >= 11 is 0. The zero-order valence-corrected chi connectivity index (χ0v) is 18.5. The molecule has 0 aliphatic heterocycles. The Hall–Kier alpha value is -2.43. The van der Waals surface area contributed by atoms with Gasteiger partial charge in [0.05, 0.1) is 23.4 Å². The zero-order chi connectivity index (χ0) is 22.1. The predicted molar refractivity (Wildman–Crippen MR) is 114 cm³/mol. The number of fused-ring (bicyclic) bond motifs is 1. The molecule has 1 aromatic carbocycles. The van der Waals surface area contributed by atoms with Gasteiger partial charge in [-0.15, -0.1) is 24.8 Å². The first-order chi connectivity index (χ1) is 14.0. The molecule has 3 atom stereocenters. The molecule has 0 amide bonds. The highest BCUT2D eigenvalue weighted by atomic mass is 35.5. The molecule has 0 saturated heterocycles. The van der Waals surface area contributed by atoms with E-state index >= 15 is 0 Å². The highest BCUT2D eigenvalue weighted by molar-refractivity contribution is 5.85. The molecule has 1 heterocycles. The van der Waals surface area contributed by atoms with Gasteiger partial charge in [0.15, 0.2) is 0 Å². The van der Waals surface area contributed by atoms with Crippen molar-refractivity contribution in [1.29, 1.82) is 0 Å². The van der Waals surface area contributed by atoms with Gasteiger partial charge in [0, 0.05) is 11.1 Å². The summed E-state index contributed by atoms with van der Waals surface area (Å²) in [5.41, 5.74) is 6.32. The SMILES string of the molecule is CC1Cc2nnc(-c3cccc(C(F)(F)F)c3)cc2C(OC(=O)C(N)CC(=O)O)C1.Cl.Cl. The van der Waals surface area contributed by atoms with E-state index in [0.29, 0.717) is 24.1 Å². The maximum atomic E-state index is 13.0. The van der Waals surface area contributed by atoms with Gasteiger partial charge >= 0.3 is 18.1 Å². The maximum Gasteiger partial charge on any atom is 0.416 e. The fourth-order valence-electron chi connectivity index (χ4n) is 3.38. The van der Waals surface area contributed by atoms with Crippen LogP contribution in [0, 0.1) is 5.92 Å². The number of carbonyl (C=O) groups excluding carboxylic acids is 1. The van der Waals surface area contributed by atoms with Crippen molar-refractivity contribution in [2.24, 2.45) is 11.7 Å². The summed E-state index contributed by atoms with van der Waals surface area (Å²) in [6.07, 6.45) is -4.79. The third-order valence-electron chi connectivity index (χ3n) is 4.85. The van der Waals surface area contributed by atoms with Gasteiger partial charge in [-0.05, 0) is 37.0 Å². The number of carbonyl (C=O) groups is 2. The molecule has 1 aliphatic rings. The number of nitrogens with zero attached hydrogens (tertiary/aromatic N) is 2. The molecule has 0 fully saturated rings. The van der Waals surface area contributed by atoms with Crippen LogP contribution in [0.3, 0.4) is 0 Å². The number of aliphatic carboxylic acids is 1. The lowest BCUT2D eigenvalue weighted by molar-refractivity contribution is -0.155. The molecule has 0 bridgehead atoms. The summed E-state index contributed by atoms with van der Waals surface area (Å²) in [5.74, 6) is -1.98. The van der Waals surface area contributed by atoms with E-state index in [1.165, 1.54) is 12.1 Å². The van der Waals surface area contributed by atoms with Crippen molar-refractivity contribution >= 4 is 36.8 Å². The quantitative estimate of drug-likeness (QED) is 0.602. The summed E-state index contributed by atoms with van der Waals surface area (Å²) in [6, 6.07) is 4.95. The molecule has 0 spiro atoms. The Morgan fingerprint density at radius 2 is 1.94 bits per heavy atom. The summed E-state index contributed by atoms with van der Waals surface area (Å²) in [4.78, 5) is 23.0. The molecule has 176 valence electrons. The van der Waals surface area contributed by atoms with Crippen LogP contribution in [0.15, 0.2) is 30.3 Å². The minimum absolute atomic E-state index is 0. The van der Waals surface area contributed by atoms with Gasteiger partial charge in [-0.1, -0.05) is 19.1 Å². The second kappa shape index (κ2) is 10.9. The number of hydrogen-bond donors (Lipinski definition) is 2. The normalized spacial score (nSPS) is 18.4. The number of benzene rings is 1. The average Bonchev–Trinajstić information content (AvgIpc) is 2.66. The number of rotatable bonds is 5. The number of halogens is 5. The van der Waals surface area contributed by atoms with Gasteiger partial charge < -0.3 is 15.6 Å². The van der Waals surface area contributed by atoms with E-state index in [9.17, 15) is 22.8 Å². The number of carboxylic acid groups (broad SMARTS) is 1. The highest BCUT2D eigenvalue weighted by Gasteiger charge is 2.33. The topological polar surface area (TPSA) is 115 Å². The Morgan fingerprint density at radius 1 is 1.25 bits per heavy atom. The van der Waals surface area contributed by atoms with Crippen LogP contribution in [0.1, 0.15) is 42.7 Å². The van der Waals surface area contributed by atoms with Gasteiger partial charge in [-0.2, -0.15) is 23.4 Å². The van der Waals surface area contributed by atoms with Gasteiger partial charge in [-0.25, -0.2) is 0 Å². The molecule has 3 N–H and O–H groups in total. The molecule has 1 aromatic heterocycles. The van der Waals surface area contributed by atoms with Crippen LogP contribution in [0.5, 0.6) is 0 Å². The van der Waals surface area contributed by atoms with Crippen LogP contribution in [0.25, 0.3) is 11.3 Å². The lowest BCUT2D eigenvalue weighted by atomic mass is 9.85. The van der Waals surface area contributed by atoms with E-state index < -0.39 is 42.2 Å². The molecule has 0 saturated carbocycles. The van der Waals surface area contributed by atoms with Crippen molar-refractivity contribution < 1.29 is 32.6 Å². The van der Waals surface area contributed by atoms with Crippen molar-refractivity contribution in [3.8, 4) is 11.3 Å². The zero-order valence-electron chi connectivity index (χ0n) is 16.8. The second-order valence-electron chi connectivity index (χ2n) is 7.39. The first-order valence-corrected chi connectivity index (χ1v) is 9.26. The molecule has 12 heteroatoms. The van der Waals surface area contributed by atoms with E-state index in [1.807, 2.05) is 6.92 Å².